The number of hydrogen-bond donors (Lipinski definition) is 1. The number of nitrogens with one attached hydrogen (secondary N) is 1. The van der Waals surface area contributed by atoms with Gasteiger partial charge in [-0.3, -0.25) is 0 Å². The van der Waals surface area contributed by atoms with Crippen molar-refractivity contribution in [3.8, 4) is 11.3 Å². The average molecular weight is 400 g/mol. The van der Waals surface area contributed by atoms with Crippen molar-refractivity contribution in [2.45, 2.75) is 13.5 Å². The van der Waals surface area contributed by atoms with Crippen molar-refractivity contribution in [2.75, 3.05) is 5.32 Å². The molecule has 0 aliphatic carbocycles. The first-order valence-corrected chi connectivity index (χ1v) is 9.77. The fourth-order valence-electron chi connectivity index (χ4n) is 3.51. The van der Waals surface area contributed by atoms with Crippen molar-refractivity contribution in [3.05, 3.63) is 88.9 Å². The Hall–Kier alpha value is -3.44. The van der Waals surface area contributed by atoms with Crippen LogP contribution in [0.1, 0.15) is 11.1 Å². The number of hydrogen-bond acceptors (Lipinski definition) is 4. The first-order valence-electron chi connectivity index (χ1n) is 9.39. The highest BCUT2D eigenvalue weighted by atomic mass is 35.5. The second kappa shape index (κ2) is 7.18. The van der Waals surface area contributed by atoms with Crippen LogP contribution in [0.2, 0.25) is 5.02 Å². The summed E-state index contributed by atoms with van der Waals surface area (Å²) in [5.74, 6) is 0.807. The molecule has 0 spiro atoms. The molecule has 0 saturated carbocycles. The lowest BCUT2D eigenvalue weighted by molar-refractivity contribution is 0.876. The van der Waals surface area contributed by atoms with Crippen molar-refractivity contribution < 1.29 is 0 Å². The molecule has 29 heavy (non-hydrogen) atoms. The maximum absolute atomic E-state index is 6.18. The summed E-state index contributed by atoms with van der Waals surface area (Å²) in [5.41, 5.74) is 5.72. The Balaban J connectivity index is 1.66. The van der Waals surface area contributed by atoms with Crippen LogP contribution in [0.15, 0.2) is 72.8 Å². The van der Waals surface area contributed by atoms with Crippen LogP contribution in [0.3, 0.4) is 0 Å². The maximum Gasteiger partial charge on any atom is 0.186 e. The van der Waals surface area contributed by atoms with Crippen LogP contribution in [0.25, 0.3) is 27.8 Å². The van der Waals surface area contributed by atoms with Crippen molar-refractivity contribution >= 4 is 34.0 Å². The molecule has 5 rings (SSSR count). The second-order valence-corrected chi connectivity index (χ2v) is 7.38. The van der Waals surface area contributed by atoms with E-state index in [-0.39, 0.29) is 0 Å². The van der Waals surface area contributed by atoms with Gasteiger partial charge < -0.3 is 5.32 Å². The summed E-state index contributed by atoms with van der Waals surface area (Å²) in [6.45, 7) is 2.80. The lowest BCUT2D eigenvalue weighted by atomic mass is 10.1. The predicted octanol–water partition coefficient (Wildman–Crippen LogP) is 5.52. The molecule has 0 radical (unpaired) electrons. The van der Waals surface area contributed by atoms with Gasteiger partial charge >= 0.3 is 0 Å². The van der Waals surface area contributed by atoms with E-state index in [1.807, 2.05) is 54.6 Å². The van der Waals surface area contributed by atoms with Gasteiger partial charge in [-0.2, -0.15) is 4.52 Å². The van der Waals surface area contributed by atoms with Gasteiger partial charge in [-0.15, -0.1) is 5.10 Å². The zero-order chi connectivity index (χ0) is 19.8. The summed E-state index contributed by atoms with van der Waals surface area (Å²) in [4.78, 5) is 4.90. The number of para-hydroxylation sites is 1. The zero-order valence-electron chi connectivity index (χ0n) is 15.8. The van der Waals surface area contributed by atoms with E-state index in [0.717, 1.165) is 22.3 Å². The molecular weight excluding hydrogens is 382 g/mol. The molecule has 2 aromatic heterocycles. The minimum absolute atomic E-state index is 0.655. The van der Waals surface area contributed by atoms with Crippen molar-refractivity contribution in [3.63, 3.8) is 0 Å². The average Bonchev–Trinajstić information content (AvgIpc) is 3.17. The molecule has 142 valence electrons. The smallest absolute Gasteiger partial charge is 0.186 e. The van der Waals surface area contributed by atoms with E-state index in [9.17, 15) is 0 Å². The van der Waals surface area contributed by atoms with Gasteiger partial charge in [0.1, 0.15) is 11.5 Å². The summed E-state index contributed by atoms with van der Waals surface area (Å²) in [6, 6.07) is 24.0. The van der Waals surface area contributed by atoms with E-state index in [4.69, 9.17) is 16.6 Å². The normalized spacial score (nSPS) is 11.2. The highest BCUT2D eigenvalue weighted by molar-refractivity contribution is 6.30. The highest BCUT2D eigenvalue weighted by Crippen LogP contribution is 2.29. The third kappa shape index (κ3) is 3.19. The molecule has 0 aliphatic rings. The number of aromatic nitrogens is 4. The topological polar surface area (TPSA) is 55.1 Å². The Kier molecular flexibility index (Phi) is 4.37. The molecule has 0 saturated heterocycles. The molecule has 0 aliphatic heterocycles. The molecule has 5 aromatic rings. The summed E-state index contributed by atoms with van der Waals surface area (Å²) in [7, 11) is 0. The zero-order valence-corrected chi connectivity index (χ0v) is 16.6. The van der Waals surface area contributed by atoms with Crippen LogP contribution in [0.5, 0.6) is 0 Å². The van der Waals surface area contributed by atoms with E-state index >= 15 is 0 Å². The number of benzene rings is 3. The predicted molar refractivity (Wildman–Crippen MR) is 117 cm³/mol. The molecule has 2 heterocycles. The van der Waals surface area contributed by atoms with Gasteiger partial charge in [-0.05, 0) is 42.3 Å². The van der Waals surface area contributed by atoms with Crippen LogP contribution >= 0.6 is 11.6 Å². The number of anilines is 1. The summed E-state index contributed by atoms with van der Waals surface area (Å²) >= 11 is 6.18. The van der Waals surface area contributed by atoms with Crippen molar-refractivity contribution in [1.82, 2.24) is 19.8 Å². The largest absolute Gasteiger partial charge is 0.365 e. The molecule has 0 unspecified atom stereocenters. The summed E-state index contributed by atoms with van der Waals surface area (Å²) < 4.78 is 1.78. The summed E-state index contributed by atoms with van der Waals surface area (Å²) in [6.07, 6.45) is 0. The monoisotopic (exact) mass is 399 g/mol. The Bertz CT molecular complexity index is 1340. The lowest BCUT2D eigenvalue weighted by Crippen LogP contribution is -2.05. The van der Waals surface area contributed by atoms with Crippen molar-refractivity contribution in [2.24, 2.45) is 0 Å². The first kappa shape index (κ1) is 17.6. The van der Waals surface area contributed by atoms with Crippen LogP contribution in [-0.4, -0.2) is 19.8 Å². The molecule has 3 aromatic carbocycles. The fourth-order valence-corrected chi connectivity index (χ4v) is 3.70. The van der Waals surface area contributed by atoms with E-state index in [1.165, 1.54) is 11.1 Å². The highest BCUT2D eigenvalue weighted by Gasteiger charge is 2.16. The molecule has 0 atom stereocenters. The van der Waals surface area contributed by atoms with Crippen LogP contribution in [-0.2, 0) is 6.54 Å². The van der Waals surface area contributed by atoms with Gasteiger partial charge in [0, 0.05) is 22.5 Å². The summed E-state index contributed by atoms with van der Waals surface area (Å²) in [5, 5.41) is 13.9. The minimum atomic E-state index is 0.655. The van der Waals surface area contributed by atoms with Gasteiger partial charge in [0.25, 0.3) is 0 Å². The second-order valence-electron chi connectivity index (χ2n) is 6.94. The standard InChI is InChI=1S/C23H18ClN5/c1-15-7-2-3-8-17(15)14-25-22-19-11-4-5-12-20(19)29-23(26-22)21(27-28-29)16-9-6-10-18(24)13-16/h2-13H,14H2,1H3,(H,25,26). The third-order valence-electron chi connectivity index (χ3n) is 5.06. The van der Waals surface area contributed by atoms with Gasteiger partial charge in [-0.25, -0.2) is 4.98 Å². The first-order chi connectivity index (χ1) is 14.2. The maximum atomic E-state index is 6.18. The van der Waals surface area contributed by atoms with Crippen LogP contribution in [0, 0.1) is 6.92 Å². The van der Waals surface area contributed by atoms with E-state index in [1.54, 1.807) is 4.52 Å². The molecule has 0 bridgehead atoms. The van der Waals surface area contributed by atoms with E-state index in [0.29, 0.717) is 22.9 Å². The molecule has 0 amide bonds. The van der Waals surface area contributed by atoms with Crippen molar-refractivity contribution in [1.29, 1.82) is 0 Å². The van der Waals surface area contributed by atoms with Crippen LogP contribution in [0.4, 0.5) is 5.82 Å². The number of nitrogens with zero attached hydrogens (tertiary/aromatic N) is 4. The molecule has 1 N–H and O–H groups in total. The lowest BCUT2D eigenvalue weighted by Gasteiger charge is -2.12. The fraction of sp³-hybridized carbons (Fsp3) is 0.0870. The molecule has 5 nitrogen and oxygen atoms in total. The SMILES string of the molecule is Cc1ccccc1CNc1nc2c(-c3cccc(Cl)c3)nnn2c2ccccc12. The van der Waals surface area contributed by atoms with E-state index < -0.39 is 0 Å². The third-order valence-corrected chi connectivity index (χ3v) is 5.29. The Morgan fingerprint density at radius 2 is 1.79 bits per heavy atom. The van der Waals surface area contributed by atoms with Crippen LogP contribution < -0.4 is 5.32 Å². The number of halogens is 1. The van der Waals surface area contributed by atoms with Gasteiger partial charge in [0.2, 0.25) is 0 Å². The Morgan fingerprint density at radius 3 is 2.66 bits per heavy atom. The number of rotatable bonds is 4. The number of fused-ring (bicyclic) bond motifs is 3. The molecule has 6 heteroatoms. The quantitative estimate of drug-likeness (QED) is 0.432. The van der Waals surface area contributed by atoms with Gasteiger partial charge in [0.05, 0.1) is 5.52 Å². The Morgan fingerprint density at radius 1 is 0.966 bits per heavy atom. The molecular formula is C23H18ClN5. The number of aryl methyl sites for hydroxylation is 1. The van der Waals surface area contributed by atoms with Gasteiger partial charge in [-0.1, -0.05) is 65.3 Å². The Labute approximate surface area is 173 Å². The van der Waals surface area contributed by atoms with E-state index in [2.05, 4.69) is 40.8 Å². The minimum Gasteiger partial charge on any atom is -0.365 e. The van der Waals surface area contributed by atoms with Gasteiger partial charge in [0.15, 0.2) is 5.65 Å². The molecule has 0 fully saturated rings.